The van der Waals surface area contributed by atoms with Crippen molar-refractivity contribution in [2.45, 2.75) is 18.8 Å². The number of hydrogen-bond acceptors (Lipinski definition) is 4. The van der Waals surface area contributed by atoms with Crippen molar-refractivity contribution >= 4 is 17.7 Å². The van der Waals surface area contributed by atoms with E-state index in [1.54, 1.807) is 11.8 Å². The van der Waals surface area contributed by atoms with E-state index in [1.165, 1.54) is 0 Å². The third-order valence-corrected chi connectivity index (χ3v) is 3.40. The van der Waals surface area contributed by atoms with Crippen LogP contribution in [0.1, 0.15) is 35.2 Å². The first-order valence-electron chi connectivity index (χ1n) is 5.70. The van der Waals surface area contributed by atoms with Crippen LogP contribution in [0.2, 0.25) is 0 Å². The maximum atomic E-state index is 11.6. The van der Waals surface area contributed by atoms with Crippen molar-refractivity contribution in [1.29, 1.82) is 0 Å². The highest BCUT2D eigenvalue weighted by molar-refractivity contribution is 7.99. The second kappa shape index (κ2) is 5.86. The first kappa shape index (κ1) is 12.2. The van der Waals surface area contributed by atoms with Crippen molar-refractivity contribution in [3.8, 4) is 0 Å². The Morgan fingerprint density at radius 2 is 2.47 bits per heavy atom. The third kappa shape index (κ3) is 3.59. The number of H-pyrrole nitrogens is 1. The van der Waals surface area contributed by atoms with Gasteiger partial charge in [-0.05, 0) is 12.8 Å². The lowest BCUT2D eigenvalue weighted by molar-refractivity contribution is 0.0946. The summed E-state index contributed by atoms with van der Waals surface area (Å²) in [5.41, 5.74) is 0. The Bertz CT molecular complexity index is 400. The molecule has 1 saturated carbocycles. The first-order chi connectivity index (χ1) is 8.31. The Hall–Kier alpha value is -1.30. The molecule has 0 aliphatic heterocycles. The number of amides is 1. The molecule has 0 radical (unpaired) electrons. The van der Waals surface area contributed by atoms with E-state index in [0.29, 0.717) is 12.5 Å². The van der Waals surface area contributed by atoms with E-state index >= 15 is 0 Å². The van der Waals surface area contributed by atoms with Crippen LogP contribution >= 0.6 is 11.8 Å². The standard InChI is InChI=1S/C11H16N4OS/c1-2-6-17-7-5-12-11(16)10-13-9(14-15-10)8-3-4-8/h2,8H,1,3-7H2,(H,12,16)(H,13,14,15). The van der Waals surface area contributed by atoms with E-state index in [2.05, 4.69) is 27.1 Å². The van der Waals surface area contributed by atoms with E-state index < -0.39 is 0 Å². The fourth-order valence-corrected chi connectivity index (χ4v) is 1.98. The Morgan fingerprint density at radius 3 is 3.18 bits per heavy atom. The molecule has 6 heteroatoms. The SMILES string of the molecule is C=CCSCCNC(=O)c1n[nH]c(C2CC2)n1. The largest absolute Gasteiger partial charge is 0.348 e. The molecule has 1 aliphatic rings. The van der Waals surface area contributed by atoms with Crippen molar-refractivity contribution in [3.05, 3.63) is 24.3 Å². The maximum absolute atomic E-state index is 11.6. The van der Waals surface area contributed by atoms with Crippen LogP contribution in [0.3, 0.4) is 0 Å². The molecule has 1 aromatic heterocycles. The molecule has 2 rings (SSSR count). The van der Waals surface area contributed by atoms with Gasteiger partial charge in [-0.15, -0.1) is 11.7 Å². The Morgan fingerprint density at radius 1 is 1.65 bits per heavy atom. The number of aromatic amines is 1. The lowest BCUT2D eigenvalue weighted by Gasteiger charge is -2.00. The molecule has 0 unspecified atom stereocenters. The normalized spacial score (nSPS) is 14.6. The number of hydrogen-bond donors (Lipinski definition) is 2. The average Bonchev–Trinajstić information content (AvgIpc) is 3.07. The van der Waals surface area contributed by atoms with Gasteiger partial charge in [0.1, 0.15) is 5.82 Å². The summed E-state index contributed by atoms with van der Waals surface area (Å²) in [6, 6.07) is 0. The van der Waals surface area contributed by atoms with Crippen LogP contribution in [0.5, 0.6) is 0 Å². The zero-order valence-corrected chi connectivity index (χ0v) is 10.4. The van der Waals surface area contributed by atoms with Gasteiger partial charge in [-0.2, -0.15) is 11.8 Å². The summed E-state index contributed by atoms with van der Waals surface area (Å²) in [6.07, 6.45) is 4.15. The van der Waals surface area contributed by atoms with E-state index in [1.807, 2.05) is 6.08 Å². The number of aromatic nitrogens is 3. The van der Waals surface area contributed by atoms with Crippen LogP contribution < -0.4 is 5.32 Å². The van der Waals surface area contributed by atoms with E-state index in [4.69, 9.17) is 0 Å². The van der Waals surface area contributed by atoms with Gasteiger partial charge in [0.15, 0.2) is 0 Å². The summed E-state index contributed by atoms with van der Waals surface area (Å²) in [6.45, 7) is 4.26. The van der Waals surface area contributed by atoms with Gasteiger partial charge in [0, 0.05) is 24.0 Å². The Kier molecular flexibility index (Phi) is 4.19. The van der Waals surface area contributed by atoms with E-state index in [-0.39, 0.29) is 11.7 Å². The lowest BCUT2D eigenvalue weighted by Crippen LogP contribution is -2.26. The van der Waals surface area contributed by atoms with Crippen LogP contribution in [0.4, 0.5) is 0 Å². The number of carbonyl (C=O) groups is 1. The van der Waals surface area contributed by atoms with Gasteiger partial charge in [0.05, 0.1) is 0 Å². The molecule has 1 amide bonds. The van der Waals surface area contributed by atoms with Gasteiger partial charge in [0.25, 0.3) is 5.91 Å². The quantitative estimate of drug-likeness (QED) is 0.567. The summed E-state index contributed by atoms with van der Waals surface area (Å²) in [7, 11) is 0. The summed E-state index contributed by atoms with van der Waals surface area (Å²) >= 11 is 1.73. The van der Waals surface area contributed by atoms with Crippen LogP contribution in [0, 0.1) is 0 Å². The summed E-state index contributed by atoms with van der Waals surface area (Å²) in [4.78, 5) is 15.8. The summed E-state index contributed by atoms with van der Waals surface area (Å²) < 4.78 is 0. The molecule has 0 atom stereocenters. The minimum absolute atomic E-state index is 0.202. The molecular weight excluding hydrogens is 236 g/mol. The molecule has 0 bridgehead atoms. The molecular formula is C11H16N4OS. The van der Waals surface area contributed by atoms with Crippen molar-refractivity contribution in [3.63, 3.8) is 0 Å². The number of thioether (sulfide) groups is 1. The molecule has 0 saturated heterocycles. The van der Waals surface area contributed by atoms with Gasteiger partial charge in [0.2, 0.25) is 5.82 Å². The van der Waals surface area contributed by atoms with Crippen LogP contribution in [0.25, 0.3) is 0 Å². The predicted molar refractivity (Wildman–Crippen MR) is 68.2 cm³/mol. The molecule has 92 valence electrons. The number of nitrogens with zero attached hydrogens (tertiary/aromatic N) is 2. The fraction of sp³-hybridized carbons (Fsp3) is 0.545. The number of rotatable bonds is 7. The molecule has 5 nitrogen and oxygen atoms in total. The molecule has 17 heavy (non-hydrogen) atoms. The molecule has 1 aliphatic carbocycles. The Labute approximate surface area is 104 Å². The van der Waals surface area contributed by atoms with E-state index in [9.17, 15) is 4.79 Å². The maximum Gasteiger partial charge on any atom is 0.290 e. The molecule has 0 aromatic carbocycles. The average molecular weight is 252 g/mol. The van der Waals surface area contributed by atoms with Gasteiger partial charge in [-0.25, -0.2) is 4.98 Å². The minimum atomic E-state index is -0.202. The summed E-state index contributed by atoms with van der Waals surface area (Å²) in [5.74, 6) is 3.16. The number of nitrogens with one attached hydrogen (secondary N) is 2. The van der Waals surface area contributed by atoms with Gasteiger partial charge >= 0.3 is 0 Å². The lowest BCUT2D eigenvalue weighted by atomic mass is 10.4. The molecule has 0 spiro atoms. The third-order valence-electron chi connectivity index (χ3n) is 2.44. The molecule has 1 heterocycles. The monoisotopic (exact) mass is 252 g/mol. The predicted octanol–water partition coefficient (Wildman–Crippen LogP) is 1.33. The smallest absolute Gasteiger partial charge is 0.290 e. The Balaban J connectivity index is 1.72. The van der Waals surface area contributed by atoms with Crippen molar-refractivity contribution < 1.29 is 4.79 Å². The molecule has 2 N–H and O–H groups in total. The fourth-order valence-electron chi connectivity index (χ4n) is 1.40. The van der Waals surface area contributed by atoms with Crippen LogP contribution in [0.15, 0.2) is 12.7 Å². The highest BCUT2D eigenvalue weighted by atomic mass is 32.2. The topological polar surface area (TPSA) is 70.7 Å². The minimum Gasteiger partial charge on any atom is -0.348 e. The van der Waals surface area contributed by atoms with Gasteiger partial charge in [-0.1, -0.05) is 6.08 Å². The molecule has 1 aromatic rings. The summed E-state index contributed by atoms with van der Waals surface area (Å²) in [5, 5.41) is 9.53. The van der Waals surface area contributed by atoms with Crippen molar-refractivity contribution in [2.75, 3.05) is 18.1 Å². The van der Waals surface area contributed by atoms with Crippen LogP contribution in [-0.2, 0) is 0 Å². The van der Waals surface area contributed by atoms with Gasteiger partial charge < -0.3 is 5.32 Å². The second-order valence-electron chi connectivity index (χ2n) is 3.94. The van der Waals surface area contributed by atoms with E-state index in [0.717, 1.165) is 30.2 Å². The zero-order chi connectivity index (χ0) is 12.1. The van der Waals surface area contributed by atoms with Crippen molar-refractivity contribution in [2.24, 2.45) is 0 Å². The van der Waals surface area contributed by atoms with Gasteiger partial charge in [-0.3, -0.25) is 9.89 Å². The number of carbonyl (C=O) groups excluding carboxylic acids is 1. The van der Waals surface area contributed by atoms with Crippen LogP contribution in [-0.4, -0.2) is 39.1 Å². The van der Waals surface area contributed by atoms with Crippen molar-refractivity contribution in [1.82, 2.24) is 20.5 Å². The second-order valence-corrected chi connectivity index (χ2v) is 5.09. The molecule has 1 fully saturated rings. The first-order valence-corrected chi connectivity index (χ1v) is 6.86. The zero-order valence-electron chi connectivity index (χ0n) is 9.61. The highest BCUT2D eigenvalue weighted by Gasteiger charge is 2.28. The highest BCUT2D eigenvalue weighted by Crippen LogP contribution is 2.37.